The standard InChI is InChI=1S/C14H20N2O5/c1-3-4-10(8-21-2)16-14(20)15-9-5-6-12(17)11(7-9)13(18)19/h5-7,10,17H,3-4,8H2,1-2H3,(H,18,19)(H2,15,16,20). The topological polar surface area (TPSA) is 108 Å². The van der Waals surface area contributed by atoms with Crippen LogP contribution in [0.5, 0.6) is 5.75 Å². The van der Waals surface area contributed by atoms with Gasteiger partial charge in [0.15, 0.2) is 0 Å². The van der Waals surface area contributed by atoms with Crippen molar-refractivity contribution in [3.63, 3.8) is 0 Å². The number of rotatable bonds is 7. The van der Waals surface area contributed by atoms with E-state index in [1.807, 2.05) is 6.92 Å². The molecule has 7 heteroatoms. The maximum Gasteiger partial charge on any atom is 0.339 e. The molecule has 1 aromatic rings. The molecule has 7 nitrogen and oxygen atoms in total. The Morgan fingerprint density at radius 2 is 2.10 bits per heavy atom. The average Bonchev–Trinajstić information content (AvgIpc) is 2.41. The van der Waals surface area contributed by atoms with Crippen LogP contribution in [0.1, 0.15) is 30.1 Å². The van der Waals surface area contributed by atoms with Crippen molar-refractivity contribution in [2.45, 2.75) is 25.8 Å². The highest BCUT2D eigenvalue weighted by Crippen LogP contribution is 2.21. The lowest BCUT2D eigenvalue weighted by atomic mass is 10.1. The molecule has 0 heterocycles. The molecule has 1 unspecified atom stereocenters. The van der Waals surface area contributed by atoms with Gasteiger partial charge in [-0.2, -0.15) is 0 Å². The van der Waals surface area contributed by atoms with Gasteiger partial charge in [-0.25, -0.2) is 9.59 Å². The SMILES string of the molecule is CCCC(COC)NC(=O)Nc1ccc(O)c(C(=O)O)c1. The minimum Gasteiger partial charge on any atom is -0.507 e. The van der Waals surface area contributed by atoms with Crippen molar-refractivity contribution >= 4 is 17.7 Å². The van der Waals surface area contributed by atoms with E-state index in [1.54, 1.807) is 7.11 Å². The summed E-state index contributed by atoms with van der Waals surface area (Å²) in [6.45, 7) is 2.40. The summed E-state index contributed by atoms with van der Waals surface area (Å²) in [6.07, 6.45) is 1.67. The van der Waals surface area contributed by atoms with Gasteiger partial charge in [0, 0.05) is 12.8 Å². The van der Waals surface area contributed by atoms with Gasteiger partial charge in [-0.1, -0.05) is 13.3 Å². The fraction of sp³-hybridized carbons (Fsp3) is 0.429. The third kappa shape index (κ3) is 5.31. The van der Waals surface area contributed by atoms with E-state index in [0.717, 1.165) is 12.8 Å². The number of anilines is 1. The quantitative estimate of drug-likeness (QED) is 0.576. The number of amides is 2. The van der Waals surface area contributed by atoms with Gasteiger partial charge in [0.1, 0.15) is 11.3 Å². The van der Waals surface area contributed by atoms with Gasteiger partial charge >= 0.3 is 12.0 Å². The Balaban J connectivity index is 2.69. The Morgan fingerprint density at radius 1 is 1.38 bits per heavy atom. The molecular formula is C14H20N2O5. The van der Waals surface area contributed by atoms with Crippen molar-refractivity contribution in [2.24, 2.45) is 0 Å². The molecule has 21 heavy (non-hydrogen) atoms. The van der Waals surface area contributed by atoms with Gasteiger partial charge in [-0.3, -0.25) is 0 Å². The summed E-state index contributed by atoms with van der Waals surface area (Å²) >= 11 is 0. The van der Waals surface area contributed by atoms with Gasteiger partial charge in [0.2, 0.25) is 0 Å². The lowest BCUT2D eigenvalue weighted by molar-refractivity contribution is 0.0693. The number of carbonyl (C=O) groups is 2. The number of benzene rings is 1. The summed E-state index contributed by atoms with van der Waals surface area (Å²) in [7, 11) is 1.56. The third-order valence-corrected chi connectivity index (χ3v) is 2.83. The summed E-state index contributed by atoms with van der Waals surface area (Å²) in [5.74, 6) is -1.61. The molecule has 0 spiro atoms. The lowest BCUT2D eigenvalue weighted by Crippen LogP contribution is -2.40. The van der Waals surface area contributed by atoms with Crippen molar-refractivity contribution in [3.8, 4) is 5.75 Å². The summed E-state index contributed by atoms with van der Waals surface area (Å²) in [4.78, 5) is 22.8. The van der Waals surface area contributed by atoms with Crippen molar-refractivity contribution < 1.29 is 24.5 Å². The highest BCUT2D eigenvalue weighted by atomic mass is 16.5. The first-order valence-electron chi connectivity index (χ1n) is 6.60. The highest BCUT2D eigenvalue weighted by molar-refractivity contribution is 5.95. The van der Waals surface area contributed by atoms with Crippen LogP contribution < -0.4 is 10.6 Å². The molecule has 0 fully saturated rings. The van der Waals surface area contributed by atoms with Crippen molar-refractivity contribution in [2.75, 3.05) is 19.0 Å². The molecule has 0 saturated heterocycles. The number of carboxylic acid groups (broad SMARTS) is 1. The number of carboxylic acids is 1. The molecule has 2 amide bonds. The number of urea groups is 1. The summed E-state index contributed by atoms with van der Waals surface area (Å²) in [6, 6.07) is 3.27. The predicted octanol–water partition coefficient (Wildman–Crippen LogP) is 2.03. The number of hydrogen-bond donors (Lipinski definition) is 4. The molecular weight excluding hydrogens is 276 g/mol. The zero-order valence-corrected chi connectivity index (χ0v) is 12.0. The van der Waals surface area contributed by atoms with Gasteiger partial charge in [-0.15, -0.1) is 0 Å². The Labute approximate surface area is 122 Å². The largest absolute Gasteiger partial charge is 0.507 e. The number of methoxy groups -OCH3 is 1. The van der Waals surface area contributed by atoms with Crippen LogP contribution in [0.15, 0.2) is 18.2 Å². The second-order valence-corrected chi connectivity index (χ2v) is 4.58. The van der Waals surface area contributed by atoms with Crippen LogP contribution in [-0.4, -0.2) is 42.0 Å². The first kappa shape index (κ1) is 16.8. The van der Waals surface area contributed by atoms with Crippen LogP contribution >= 0.6 is 0 Å². The Bertz CT molecular complexity index is 498. The summed E-state index contributed by atoms with van der Waals surface area (Å²) in [5.41, 5.74) is 0.0187. The fourth-order valence-electron chi connectivity index (χ4n) is 1.88. The maximum absolute atomic E-state index is 11.9. The molecule has 1 aromatic carbocycles. The molecule has 1 rings (SSSR count). The Morgan fingerprint density at radius 3 is 2.67 bits per heavy atom. The van der Waals surface area contributed by atoms with E-state index in [9.17, 15) is 14.7 Å². The molecule has 0 saturated carbocycles. The fourth-order valence-corrected chi connectivity index (χ4v) is 1.88. The van der Waals surface area contributed by atoms with E-state index in [4.69, 9.17) is 9.84 Å². The number of carbonyl (C=O) groups excluding carboxylic acids is 1. The van der Waals surface area contributed by atoms with Gasteiger partial charge in [0.05, 0.1) is 12.6 Å². The molecule has 0 aromatic heterocycles. The molecule has 0 aliphatic heterocycles. The van der Waals surface area contributed by atoms with E-state index in [2.05, 4.69) is 10.6 Å². The van der Waals surface area contributed by atoms with Gasteiger partial charge < -0.3 is 25.6 Å². The predicted molar refractivity (Wildman–Crippen MR) is 77.8 cm³/mol. The van der Waals surface area contributed by atoms with E-state index >= 15 is 0 Å². The molecule has 0 radical (unpaired) electrons. The monoisotopic (exact) mass is 296 g/mol. The minimum absolute atomic E-state index is 0.115. The molecule has 4 N–H and O–H groups in total. The van der Waals surface area contributed by atoms with Crippen LogP contribution in [0.4, 0.5) is 10.5 Å². The minimum atomic E-state index is -1.26. The Hall–Kier alpha value is -2.28. The van der Waals surface area contributed by atoms with E-state index in [-0.39, 0.29) is 23.0 Å². The molecule has 116 valence electrons. The van der Waals surface area contributed by atoms with Crippen LogP contribution in [0.25, 0.3) is 0 Å². The van der Waals surface area contributed by atoms with Gasteiger partial charge in [0.25, 0.3) is 0 Å². The first-order chi connectivity index (χ1) is 9.97. The van der Waals surface area contributed by atoms with Crippen LogP contribution in [0.3, 0.4) is 0 Å². The van der Waals surface area contributed by atoms with Crippen molar-refractivity contribution in [3.05, 3.63) is 23.8 Å². The first-order valence-corrected chi connectivity index (χ1v) is 6.60. The number of aromatic hydroxyl groups is 1. The van der Waals surface area contributed by atoms with Crippen molar-refractivity contribution in [1.29, 1.82) is 0 Å². The van der Waals surface area contributed by atoms with Crippen LogP contribution in [0, 0.1) is 0 Å². The molecule has 0 aliphatic carbocycles. The van der Waals surface area contributed by atoms with Crippen LogP contribution in [0.2, 0.25) is 0 Å². The van der Waals surface area contributed by atoms with Crippen molar-refractivity contribution in [1.82, 2.24) is 5.32 Å². The lowest BCUT2D eigenvalue weighted by Gasteiger charge is -2.17. The number of aromatic carboxylic acids is 1. The number of nitrogens with one attached hydrogen (secondary N) is 2. The van der Waals surface area contributed by atoms with E-state index < -0.39 is 12.0 Å². The number of ether oxygens (including phenoxy) is 1. The van der Waals surface area contributed by atoms with Crippen LogP contribution in [-0.2, 0) is 4.74 Å². The third-order valence-electron chi connectivity index (χ3n) is 2.83. The maximum atomic E-state index is 11.9. The number of phenols is 1. The second kappa shape index (κ2) is 8.11. The second-order valence-electron chi connectivity index (χ2n) is 4.58. The van der Waals surface area contributed by atoms with Gasteiger partial charge in [-0.05, 0) is 24.6 Å². The molecule has 0 aliphatic rings. The average molecular weight is 296 g/mol. The zero-order valence-electron chi connectivity index (χ0n) is 12.0. The summed E-state index contributed by atoms with van der Waals surface area (Å²) in [5, 5.41) is 23.6. The normalized spacial score (nSPS) is 11.7. The molecule has 0 bridgehead atoms. The Kier molecular flexibility index (Phi) is 6.48. The molecule has 1 atom stereocenters. The summed E-state index contributed by atoms with van der Waals surface area (Å²) < 4.78 is 5.02. The number of hydrogen-bond acceptors (Lipinski definition) is 4. The smallest absolute Gasteiger partial charge is 0.339 e. The zero-order chi connectivity index (χ0) is 15.8. The van der Waals surface area contributed by atoms with E-state index in [0.29, 0.717) is 6.61 Å². The van der Waals surface area contributed by atoms with E-state index in [1.165, 1.54) is 18.2 Å². The highest BCUT2D eigenvalue weighted by Gasteiger charge is 2.14.